The summed E-state index contributed by atoms with van der Waals surface area (Å²) in [4.78, 5) is 0. The number of hydrogen-bond acceptors (Lipinski definition) is 4. The fourth-order valence-electron chi connectivity index (χ4n) is 1.71. The van der Waals surface area contributed by atoms with Crippen molar-refractivity contribution in [1.82, 2.24) is 0 Å². The van der Waals surface area contributed by atoms with Gasteiger partial charge in [0.15, 0.2) is 0 Å². The first-order valence-electron chi connectivity index (χ1n) is 6.68. The second-order valence-corrected chi connectivity index (χ2v) is 4.68. The number of rotatable bonds is 5. The van der Waals surface area contributed by atoms with Crippen LogP contribution in [-0.4, -0.2) is 47.3 Å². The van der Waals surface area contributed by atoms with Gasteiger partial charge in [0.05, 0.1) is 25.4 Å². The van der Waals surface area contributed by atoms with E-state index in [1.807, 2.05) is 0 Å². The minimum atomic E-state index is -0.459. The van der Waals surface area contributed by atoms with Crippen LogP contribution in [0.3, 0.4) is 0 Å². The van der Waals surface area contributed by atoms with Crippen LogP contribution in [0.15, 0.2) is 0 Å². The molecule has 3 unspecified atom stereocenters. The third-order valence-electron chi connectivity index (χ3n) is 2.97. The molecule has 0 aromatic heterocycles. The van der Waals surface area contributed by atoms with Gasteiger partial charge in [0.25, 0.3) is 0 Å². The van der Waals surface area contributed by atoms with E-state index in [-0.39, 0.29) is 0 Å². The Morgan fingerprint density at radius 3 is 2.06 bits per heavy atom. The molecule has 0 amide bonds. The first-order chi connectivity index (χ1) is 8.13. The van der Waals surface area contributed by atoms with Gasteiger partial charge in [-0.1, -0.05) is 33.1 Å². The van der Waals surface area contributed by atoms with E-state index in [1.165, 1.54) is 19.3 Å². The zero-order valence-corrected chi connectivity index (χ0v) is 11.1. The Morgan fingerprint density at radius 2 is 1.76 bits per heavy atom. The molecule has 1 rings (SSSR count). The van der Waals surface area contributed by atoms with Crippen LogP contribution >= 0.6 is 0 Å². The molecule has 0 aliphatic carbocycles. The van der Waals surface area contributed by atoms with Gasteiger partial charge in [-0.05, 0) is 12.3 Å². The van der Waals surface area contributed by atoms with Crippen LogP contribution in [-0.2, 0) is 4.74 Å². The van der Waals surface area contributed by atoms with E-state index in [2.05, 4.69) is 13.8 Å². The highest BCUT2D eigenvalue weighted by Crippen LogP contribution is 2.10. The van der Waals surface area contributed by atoms with Crippen molar-refractivity contribution >= 4 is 0 Å². The predicted molar refractivity (Wildman–Crippen MR) is 67.8 cm³/mol. The molecule has 0 spiro atoms. The maximum atomic E-state index is 8.79. The van der Waals surface area contributed by atoms with Crippen LogP contribution in [0.2, 0.25) is 0 Å². The lowest BCUT2D eigenvalue weighted by Crippen LogP contribution is -2.32. The molecule has 1 heterocycles. The molecular formula is C13H28O4. The smallest absolute Gasteiger partial charge is 0.0799 e. The minimum Gasteiger partial charge on any atom is -0.396 e. The maximum Gasteiger partial charge on any atom is 0.0799 e. The molecule has 3 N–H and O–H groups in total. The van der Waals surface area contributed by atoms with E-state index in [1.54, 1.807) is 0 Å². The molecule has 0 saturated carbocycles. The second kappa shape index (κ2) is 11.0. The highest BCUT2D eigenvalue weighted by Gasteiger charge is 2.17. The van der Waals surface area contributed by atoms with Crippen LogP contribution in [0.4, 0.5) is 0 Å². The monoisotopic (exact) mass is 248 g/mol. The van der Waals surface area contributed by atoms with Crippen molar-refractivity contribution in [2.75, 3.05) is 19.8 Å². The summed E-state index contributed by atoms with van der Waals surface area (Å²) >= 11 is 0. The van der Waals surface area contributed by atoms with Gasteiger partial charge >= 0.3 is 0 Å². The summed E-state index contributed by atoms with van der Waals surface area (Å²) in [6, 6.07) is 0. The summed E-state index contributed by atoms with van der Waals surface area (Å²) in [5, 5.41) is 26.3. The van der Waals surface area contributed by atoms with Gasteiger partial charge in [0, 0.05) is 13.0 Å². The van der Waals surface area contributed by atoms with Gasteiger partial charge in [-0.3, -0.25) is 0 Å². The Hall–Kier alpha value is -0.160. The lowest BCUT2D eigenvalue weighted by molar-refractivity contribution is -0.0714. The summed E-state index contributed by atoms with van der Waals surface area (Å²) in [5.41, 5.74) is 0. The van der Waals surface area contributed by atoms with Gasteiger partial charge in [0.2, 0.25) is 0 Å². The normalized spacial score (nSPS) is 25.9. The summed E-state index contributed by atoms with van der Waals surface area (Å²) in [6.07, 6.45) is 4.37. The summed E-state index contributed by atoms with van der Waals surface area (Å²) < 4.78 is 4.79. The van der Waals surface area contributed by atoms with Gasteiger partial charge in [-0.15, -0.1) is 0 Å². The molecule has 4 nitrogen and oxygen atoms in total. The van der Waals surface area contributed by atoms with Gasteiger partial charge in [0.1, 0.15) is 0 Å². The van der Waals surface area contributed by atoms with Crippen molar-refractivity contribution in [3.8, 4) is 0 Å². The second-order valence-electron chi connectivity index (χ2n) is 4.68. The standard InChI is InChI=1S/C8H18O.C5H10O3/c1-3-5-6-8(4-2)7-9;6-4-1-5(7)3-8-2-4/h8-9H,3-7H2,1-2H3;4-7H,1-3H2. The number of unbranched alkanes of at least 4 members (excludes halogenated alkanes) is 1. The lowest BCUT2D eigenvalue weighted by atomic mass is 10.0. The Kier molecular flexibility index (Phi) is 10.9. The number of ether oxygens (including phenoxy) is 1. The molecule has 4 heteroatoms. The van der Waals surface area contributed by atoms with Crippen molar-refractivity contribution in [2.45, 2.75) is 58.2 Å². The van der Waals surface area contributed by atoms with E-state index in [9.17, 15) is 0 Å². The van der Waals surface area contributed by atoms with Gasteiger partial charge in [-0.2, -0.15) is 0 Å². The van der Waals surface area contributed by atoms with Crippen LogP contribution in [0.1, 0.15) is 46.0 Å². The Labute approximate surface area is 105 Å². The van der Waals surface area contributed by atoms with Crippen molar-refractivity contribution in [1.29, 1.82) is 0 Å². The fourth-order valence-corrected chi connectivity index (χ4v) is 1.71. The topological polar surface area (TPSA) is 69.9 Å². The molecule has 3 atom stereocenters. The number of aliphatic hydroxyl groups excluding tert-OH is 3. The molecule has 1 saturated heterocycles. The summed E-state index contributed by atoms with van der Waals surface area (Å²) in [5.74, 6) is 0.560. The molecule has 0 radical (unpaired) electrons. The van der Waals surface area contributed by atoms with Gasteiger partial charge < -0.3 is 20.1 Å². The zero-order valence-electron chi connectivity index (χ0n) is 11.1. The first kappa shape index (κ1) is 16.8. The van der Waals surface area contributed by atoms with Crippen molar-refractivity contribution in [2.24, 2.45) is 5.92 Å². The maximum absolute atomic E-state index is 8.79. The van der Waals surface area contributed by atoms with E-state index >= 15 is 0 Å². The quantitative estimate of drug-likeness (QED) is 0.686. The highest BCUT2D eigenvalue weighted by molar-refractivity contribution is 4.66. The molecule has 104 valence electrons. The van der Waals surface area contributed by atoms with Crippen LogP contribution in [0.5, 0.6) is 0 Å². The average Bonchev–Trinajstić information content (AvgIpc) is 2.31. The number of hydrogen-bond donors (Lipinski definition) is 3. The molecule has 1 fully saturated rings. The molecule has 0 aromatic carbocycles. The third-order valence-corrected chi connectivity index (χ3v) is 2.97. The molecule has 0 bridgehead atoms. The van der Waals surface area contributed by atoms with Gasteiger partial charge in [-0.25, -0.2) is 0 Å². The van der Waals surface area contributed by atoms with Crippen LogP contribution < -0.4 is 0 Å². The molecule has 17 heavy (non-hydrogen) atoms. The van der Waals surface area contributed by atoms with E-state index in [0.717, 1.165) is 6.42 Å². The highest BCUT2D eigenvalue weighted by atomic mass is 16.5. The Bertz CT molecular complexity index is 151. The predicted octanol–water partition coefficient (Wildman–Crippen LogP) is 1.32. The molecule has 0 aromatic rings. The SMILES string of the molecule is CCCCC(CC)CO.OC1COCC(O)C1. The van der Waals surface area contributed by atoms with E-state index in [0.29, 0.717) is 32.2 Å². The lowest BCUT2D eigenvalue weighted by Gasteiger charge is -2.21. The third kappa shape index (κ3) is 9.53. The zero-order chi connectivity index (χ0) is 13.1. The number of aliphatic hydroxyl groups is 3. The summed E-state index contributed by atoms with van der Waals surface area (Å²) in [6.45, 7) is 5.44. The van der Waals surface area contributed by atoms with Crippen LogP contribution in [0.25, 0.3) is 0 Å². The van der Waals surface area contributed by atoms with Crippen molar-refractivity contribution in [3.05, 3.63) is 0 Å². The molecular weight excluding hydrogens is 220 g/mol. The summed E-state index contributed by atoms with van der Waals surface area (Å²) in [7, 11) is 0. The first-order valence-corrected chi connectivity index (χ1v) is 6.68. The molecule has 1 aliphatic heterocycles. The molecule has 1 aliphatic rings. The van der Waals surface area contributed by atoms with Crippen molar-refractivity contribution in [3.63, 3.8) is 0 Å². The fraction of sp³-hybridized carbons (Fsp3) is 1.00. The van der Waals surface area contributed by atoms with E-state index in [4.69, 9.17) is 20.1 Å². The van der Waals surface area contributed by atoms with E-state index < -0.39 is 12.2 Å². The minimum absolute atomic E-state index is 0.372. The largest absolute Gasteiger partial charge is 0.396 e. The average molecular weight is 248 g/mol. The van der Waals surface area contributed by atoms with Crippen LogP contribution in [0, 0.1) is 5.92 Å². The van der Waals surface area contributed by atoms with Crippen molar-refractivity contribution < 1.29 is 20.1 Å². The Morgan fingerprint density at radius 1 is 1.18 bits per heavy atom. The Balaban J connectivity index is 0.000000302.